The van der Waals surface area contributed by atoms with Crippen molar-refractivity contribution in [3.8, 4) is 11.1 Å². The Bertz CT molecular complexity index is 1130. The molecule has 3 heterocycles. The molecule has 0 amide bonds. The molecule has 8 heteroatoms. The number of hydrogen-bond acceptors (Lipinski definition) is 7. The first-order chi connectivity index (χ1) is 17.5. The van der Waals surface area contributed by atoms with Crippen molar-refractivity contribution in [3.63, 3.8) is 0 Å². The van der Waals surface area contributed by atoms with Crippen LogP contribution in [0.5, 0.6) is 0 Å². The number of aliphatic hydroxyl groups is 1. The third kappa shape index (κ3) is 5.72. The predicted molar refractivity (Wildman–Crippen MR) is 143 cm³/mol. The van der Waals surface area contributed by atoms with Crippen LogP contribution in [0.2, 0.25) is 0 Å². The maximum atomic E-state index is 10.1. The summed E-state index contributed by atoms with van der Waals surface area (Å²) in [5, 5.41) is 18.3. The van der Waals surface area contributed by atoms with Crippen LogP contribution in [0.15, 0.2) is 36.5 Å². The van der Waals surface area contributed by atoms with Crippen LogP contribution in [-0.4, -0.2) is 88.6 Å². The number of nitrogens with one attached hydrogen (secondary N) is 1. The zero-order valence-corrected chi connectivity index (χ0v) is 21.9. The first-order valence-corrected chi connectivity index (χ1v) is 13.3. The zero-order chi connectivity index (χ0) is 25.1. The average Bonchev–Trinajstić information content (AvgIpc) is 3.25. The number of hydrogen-bond donors (Lipinski definition) is 2. The minimum absolute atomic E-state index is 0.114. The van der Waals surface area contributed by atoms with Crippen molar-refractivity contribution in [1.29, 1.82) is 0 Å². The lowest BCUT2D eigenvalue weighted by Crippen LogP contribution is -2.43. The summed E-state index contributed by atoms with van der Waals surface area (Å²) in [4.78, 5) is 9.56. The Kier molecular flexibility index (Phi) is 7.86. The molecule has 1 aliphatic carbocycles. The lowest BCUT2D eigenvalue weighted by molar-refractivity contribution is 0.121. The van der Waals surface area contributed by atoms with Gasteiger partial charge in [0.15, 0.2) is 0 Å². The van der Waals surface area contributed by atoms with Crippen LogP contribution in [0, 0.1) is 0 Å². The fraction of sp³-hybridized carbons (Fsp3) is 0.571. The number of ether oxygens (including phenoxy) is 1. The quantitative estimate of drug-likeness (QED) is 0.497. The van der Waals surface area contributed by atoms with E-state index in [9.17, 15) is 5.11 Å². The van der Waals surface area contributed by atoms with E-state index in [4.69, 9.17) is 9.84 Å². The van der Waals surface area contributed by atoms with E-state index in [0.29, 0.717) is 18.5 Å². The number of nitrogens with zero attached hydrogens (tertiary/aromatic N) is 5. The predicted octanol–water partition coefficient (Wildman–Crippen LogP) is 3.61. The van der Waals surface area contributed by atoms with Gasteiger partial charge in [0.25, 0.3) is 0 Å². The van der Waals surface area contributed by atoms with Crippen LogP contribution in [0.4, 0.5) is 5.95 Å². The minimum atomic E-state index is -0.179. The Hall–Kier alpha value is -2.52. The van der Waals surface area contributed by atoms with Crippen molar-refractivity contribution in [2.75, 3.05) is 52.3 Å². The summed E-state index contributed by atoms with van der Waals surface area (Å²) in [6, 6.07) is 11.4. The Labute approximate surface area is 214 Å². The van der Waals surface area contributed by atoms with E-state index >= 15 is 0 Å². The highest BCUT2D eigenvalue weighted by Gasteiger charge is 2.26. The summed E-state index contributed by atoms with van der Waals surface area (Å²) in [5.74, 6) is 0.985. The maximum absolute atomic E-state index is 10.1. The molecule has 2 fully saturated rings. The van der Waals surface area contributed by atoms with E-state index < -0.39 is 0 Å². The van der Waals surface area contributed by atoms with E-state index in [0.717, 1.165) is 63.9 Å². The van der Waals surface area contributed by atoms with E-state index in [1.165, 1.54) is 22.4 Å². The Morgan fingerprint density at radius 1 is 1.08 bits per heavy atom. The highest BCUT2D eigenvalue weighted by Crippen LogP contribution is 2.37. The van der Waals surface area contributed by atoms with Crippen LogP contribution in [-0.2, 0) is 11.3 Å². The topological polar surface area (TPSA) is 78.2 Å². The number of piperazine rings is 1. The summed E-state index contributed by atoms with van der Waals surface area (Å²) in [6.45, 7) is 8.17. The second kappa shape index (κ2) is 11.3. The Balaban J connectivity index is 1.42. The molecular formula is C28H40N6O2. The molecule has 1 aliphatic heterocycles. The summed E-state index contributed by atoms with van der Waals surface area (Å²) in [5.41, 5.74) is 5.93. The molecule has 1 aromatic carbocycles. The molecule has 3 aromatic rings. The second-order valence-corrected chi connectivity index (χ2v) is 10.6. The van der Waals surface area contributed by atoms with Gasteiger partial charge in [0, 0.05) is 63.1 Å². The van der Waals surface area contributed by atoms with Crippen LogP contribution in [0.3, 0.4) is 0 Å². The van der Waals surface area contributed by atoms with Crippen molar-refractivity contribution < 1.29 is 9.84 Å². The van der Waals surface area contributed by atoms with Crippen molar-refractivity contribution in [2.24, 2.45) is 0 Å². The second-order valence-electron chi connectivity index (χ2n) is 10.6. The van der Waals surface area contributed by atoms with Crippen LogP contribution in [0.25, 0.3) is 16.6 Å². The van der Waals surface area contributed by atoms with Gasteiger partial charge in [-0.25, -0.2) is 9.50 Å². The number of likely N-dealkylation sites (N-methyl/N-ethyl adjacent to an activating group) is 1. The molecule has 0 spiro atoms. The fourth-order valence-electron chi connectivity index (χ4n) is 5.54. The first-order valence-electron chi connectivity index (χ1n) is 13.3. The molecule has 2 aliphatic rings. The lowest BCUT2D eigenvalue weighted by atomic mass is 9.85. The van der Waals surface area contributed by atoms with Crippen molar-refractivity contribution in [3.05, 3.63) is 47.8 Å². The fourth-order valence-corrected chi connectivity index (χ4v) is 5.54. The third-order valence-corrected chi connectivity index (χ3v) is 7.72. The van der Waals surface area contributed by atoms with Gasteiger partial charge in [0.1, 0.15) is 0 Å². The summed E-state index contributed by atoms with van der Waals surface area (Å²) in [6.07, 6.45) is 5.39. The summed E-state index contributed by atoms with van der Waals surface area (Å²) >= 11 is 0. The molecule has 0 radical (unpaired) electrons. The number of rotatable bonds is 8. The van der Waals surface area contributed by atoms with E-state index in [2.05, 4.69) is 68.9 Å². The Morgan fingerprint density at radius 2 is 1.81 bits per heavy atom. The molecule has 2 aromatic heterocycles. The first kappa shape index (κ1) is 25.1. The van der Waals surface area contributed by atoms with E-state index in [1.54, 1.807) is 7.11 Å². The van der Waals surface area contributed by atoms with Gasteiger partial charge in [-0.2, -0.15) is 0 Å². The van der Waals surface area contributed by atoms with Gasteiger partial charge in [-0.3, -0.25) is 4.90 Å². The molecule has 8 nitrogen and oxygen atoms in total. The van der Waals surface area contributed by atoms with E-state index in [-0.39, 0.29) is 12.1 Å². The number of benzene rings is 1. The zero-order valence-electron chi connectivity index (χ0n) is 21.9. The van der Waals surface area contributed by atoms with E-state index in [1.807, 2.05) is 6.20 Å². The number of aliphatic hydroxyl groups excluding tert-OH is 1. The SMILES string of the molecule is COCC(C)Nc1ncc2c(-c3ccc(CN4CCN(C)CC4)cc3)cc(C3CCC(O)CC3)n2n1. The normalized spacial score (nSPS) is 22.7. The minimum Gasteiger partial charge on any atom is -0.393 e. The highest BCUT2D eigenvalue weighted by molar-refractivity contribution is 5.81. The monoisotopic (exact) mass is 492 g/mol. The molecule has 2 N–H and O–H groups in total. The molecular weight excluding hydrogens is 452 g/mol. The largest absolute Gasteiger partial charge is 0.393 e. The number of fused-ring (bicyclic) bond motifs is 1. The van der Waals surface area contributed by atoms with Crippen LogP contribution < -0.4 is 5.32 Å². The summed E-state index contributed by atoms with van der Waals surface area (Å²) in [7, 11) is 3.90. The summed E-state index contributed by atoms with van der Waals surface area (Å²) < 4.78 is 7.34. The number of methoxy groups -OCH3 is 1. The molecule has 5 rings (SSSR count). The Morgan fingerprint density at radius 3 is 2.50 bits per heavy atom. The average molecular weight is 493 g/mol. The molecule has 0 bridgehead atoms. The maximum Gasteiger partial charge on any atom is 0.241 e. The van der Waals surface area contributed by atoms with Crippen LogP contribution >= 0.6 is 0 Å². The van der Waals surface area contributed by atoms with Crippen molar-refractivity contribution >= 4 is 11.5 Å². The van der Waals surface area contributed by atoms with Crippen LogP contribution in [0.1, 0.15) is 49.8 Å². The number of aromatic nitrogens is 3. The standard InChI is InChI=1S/C28H40N6O2/c1-20(19-36-3)30-28-29-17-27-25(16-26(34(27)31-28)23-8-10-24(35)11-9-23)22-6-4-21(5-7-22)18-33-14-12-32(2)13-15-33/h4-7,16-17,20,23-24,35H,8-15,18-19H2,1-3H3,(H,30,31). The van der Waals surface area contributed by atoms with Gasteiger partial charge in [-0.1, -0.05) is 24.3 Å². The van der Waals surface area contributed by atoms with Crippen molar-refractivity contribution in [1.82, 2.24) is 24.4 Å². The molecule has 194 valence electrons. The smallest absolute Gasteiger partial charge is 0.241 e. The molecule has 1 saturated heterocycles. The lowest BCUT2D eigenvalue weighted by Gasteiger charge is -2.32. The van der Waals surface area contributed by atoms with Gasteiger partial charge < -0.3 is 20.1 Å². The van der Waals surface area contributed by atoms with Gasteiger partial charge in [0.2, 0.25) is 5.95 Å². The van der Waals surface area contributed by atoms with Crippen molar-refractivity contribution in [2.45, 2.75) is 57.2 Å². The molecule has 1 atom stereocenters. The van der Waals surface area contributed by atoms with Gasteiger partial charge >= 0.3 is 0 Å². The van der Waals surface area contributed by atoms with Gasteiger partial charge in [-0.05, 0) is 56.8 Å². The van der Waals surface area contributed by atoms with Gasteiger partial charge in [0.05, 0.1) is 24.4 Å². The third-order valence-electron chi connectivity index (χ3n) is 7.72. The molecule has 36 heavy (non-hydrogen) atoms. The molecule has 1 unspecified atom stereocenters. The van der Waals surface area contributed by atoms with Gasteiger partial charge in [-0.15, -0.1) is 5.10 Å². The highest BCUT2D eigenvalue weighted by atomic mass is 16.5. The molecule has 1 saturated carbocycles. The number of anilines is 1.